The minimum atomic E-state index is -3.84. The van der Waals surface area contributed by atoms with Crippen molar-refractivity contribution in [1.29, 1.82) is 0 Å². The lowest BCUT2D eigenvalue weighted by Crippen LogP contribution is -2.34. The topological polar surface area (TPSA) is 90.5 Å². The molecule has 0 radical (unpaired) electrons. The van der Waals surface area contributed by atoms with E-state index in [1.54, 1.807) is 18.2 Å². The Balaban J connectivity index is 1.98. The van der Waals surface area contributed by atoms with Crippen molar-refractivity contribution in [2.24, 2.45) is 0 Å². The summed E-state index contributed by atoms with van der Waals surface area (Å²) in [5.41, 5.74) is 2.75. The van der Waals surface area contributed by atoms with E-state index in [9.17, 15) is 18.3 Å². The molecular weight excluding hydrogens is 412 g/mol. The van der Waals surface area contributed by atoms with Gasteiger partial charge in [0, 0.05) is 30.8 Å². The molecule has 0 amide bonds. The van der Waals surface area contributed by atoms with Crippen LogP contribution in [0.4, 0.5) is 0 Å². The lowest BCUT2D eigenvalue weighted by Gasteiger charge is -2.23. The quantitative estimate of drug-likeness (QED) is 0.584. The summed E-state index contributed by atoms with van der Waals surface area (Å²) < 4.78 is 28.0. The molecule has 31 heavy (non-hydrogen) atoms. The van der Waals surface area contributed by atoms with Crippen molar-refractivity contribution >= 4 is 20.9 Å². The van der Waals surface area contributed by atoms with Crippen LogP contribution in [-0.2, 0) is 22.0 Å². The fourth-order valence-electron chi connectivity index (χ4n) is 3.47. The van der Waals surface area contributed by atoms with Gasteiger partial charge in [0.05, 0.1) is 4.90 Å². The van der Waals surface area contributed by atoms with Gasteiger partial charge in [0.15, 0.2) is 0 Å². The first-order chi connectivity index (χ1) is 14.5. The van der Waals surface area contributed by atoms with Crippen molar-refractivity contribution in [1.82, 2.24) is 9.29 Å². The molecule has 0 fully saturated rings. The number of hydrogen-bond donors (Lipinski definition) is 2. The van der Waals surface area contributed by atoms with E-state index in [1.165, 1.54) is 4.31 Å². The monoisotopic (exact) mass is 442 g/mol. The molecule has 2 aromatic carbocycles. The molecule has 166 valence electrons. The standard InChI is InChI=1S/C24H30N2O4S/c1-17-6-7-18-15-19(23(28)25-22(18)14-17)16-26(12-5-13-27)31(29,30)21-10-8-20(9-11-21)24(2,3)4/h6-11,14-15,27H,5,12-13,16H2,1-4H3,(H,25,28). The molecule has 1 aromatic heterocycles. The molecule has 0 saturated carbocycles. The molecule has 0 aliphatic carbocycles. The Labute approximate surface area is 183 Å². The Morgan fingerprint density at radius 1 is 1.03 bits per heavy atom. The van der Waals surface area contributed by atoms with Gasteiger partial charge in [0.2, 0.25) is 10.0 Å². The Kier molecular flexibility index (Phi) is 6.69. The first-order valence-electron chi connectivity index (χ1n) is 10.4. The second kappa shape index (κ2) is 8.94. The van der Waals surface area contributed by atoms with E-state index in [0.717, 1.165) is 22.0 Å². The highest BCUT2D eigenvalue weighted by molar-refractivity contribution is 7.89. The maximum absolute atomic E-state index is 13.4. The van der Waals surface area contributed by atoms with Crippen LogP contribution in [-0.4, -0.2) is 36.0 Å². The summed E-state index contributed by atoms with van der Waals surface area (Å²) in [5.74, 6) is 0. The summed E-state index contributed by atoms with van der Waals surface area (Å²) in [7, 11) is -3.84. The summed E-state index contributed by atoms with van der Waals surface area (Å²) in [4.78, 5) is 15.7. The number of nitrogens with one attached hydrogen (secondary N) is 1. The number of sulfonamides is 1. The van der Waals surface area contributed by atoms with E-state index in [0.29, 0.717) is 5.56 Å². The fourth-order valence-corrected chi connectivity index (χ4v) is 4.93. The van der Waals surface area contributed by atoms with Crippen LogP contribution in [0.3, 0.4) is 0 Å². The van der Waals surface area contributed by atoms with Gasteiger partial charge in [-0.25, -0.2) is 8.42 Å². The molecular formula is C24H30N2O4S. The lowest BCUT2D eigenvalue weighted by molar-refractivity contribution is 0.267. The number of aromatic nitrogens is 1. The van der Waals surface area contributed by atoms with Crippen molar-refractivity contribution in [3.63, 3.8) is 0 Å². The van der Waals surface area contributed by atoms with E-state index in [1.807, 2.05) is 37.3 Å². The molecule has 0 unspecified atom stereocenters. The van der Waals surface area contributed by atoms with E-state index >= 15 is 0 Å². The number of aliphatic hydroxyl groups is 1. The highest BCUT2D eigenvalue weighted by Gasteiger charge is 2.26. The van der Waals surface area contributed by atoms with Crippen molar-refractivity contribution in [2.45, 2.75) is 51.0 Å². The number of H-pyrrole nitrogens is 1. The van der Waals surface area contributed by atoms with Crippen LogP contribution in [0.1, 0.15) is 43.9 Å². The average molecular weight is 443 g/mol. The number of aryl methyl sites for hydroxylation is 1. The summed E-state index contributed by atoms with van der Waals surface area (Å²) in [6, 6.07) is 14.3. The zero-order chi connectivity index (χ0) is 22.8. The third-order valence-corrected chi connectivity index (χ3v) is 7.21. The Bertz CT molecular complexity index is 1220. The van der Waals surface area contributed by atoms with Crippen LogP contribution in [0.15, 0.2) is 58.2 Å². The molecule has 0 aliphatic heterocycles. The molecule has 6 nitrogen and oxygen atoms in total. The van der Waals surface area contributed by atoms with Gasteiger partial charge < -0.3 is 10.1 Å². The summed E-state index contributed by atoms with van der Waals surface area (Å²) in [5, 5.41) is 10.1. The molecule has 0 bridgehead atoms. The van der Waals surface area contributed by atoms with Crippen molar-refractivity contribution in [2.75, 3.05) is 13.2 Å². The van der Waals surface area contributed by atoms with Crippen molar-refractivity contribution in [3.8, 4) is 0 Å². The van der Waals surface area contributed by atoms with E-state index < -0.39 is 10.0 Å². The minimum Gasteiger partial charge on any atom is -0.396 e. The largest absolute Gasteiger partial charge is 0.396 e. The van der Waals surface area contributed by atoms with Crippen LogP contribution < -0.4 is 5.56 Å². The molecule has 2 N–H and O–H groups in total. The van der Waals surface area contributed by atoms with Gasteiger partial charge in [0.25, 0.3) is 5.56 Å². The van der Waals surface area contributed by atoms with Crippen molar-refractivity contribution in [3.05, 3.63) is 75.6 Å². The van der Waals surface area contributed by atoms with Gasteiger partial charge >= 0.3 is 0 Å². The van der Waals surface area contributed by atoms with Crippen LogP contribution in [0.25, 0.3) is 10.9 Å². The summed E-state index contributed by atoms with van der Waals surface area (Å²) in [6.45, 7) is 8.06. The van der Waals surface area contributed by atoms with Gasteiger partial charge in [-0.3, -0.25) is 4.79 Å². The summed E-state index contributed by atoms with van der Waals surface area (Å²) >= 11 is 0. The first-order valence-corrected chi connectivity index (χ1v) is 11.8. The van der Waals surface area contributed by atoms with Gasteiger partial charge in [0.1, 0.15) is 0 Å². The summed E-state index contributed by atoms with van der Waals surface area (Å²) in [6.07, 6.45) is 0.282. The second-order valence-electron chi connectivity index (χ2n) is 8.90. The number of nitrogens with zero attached hydrogens (tertiary/aromatic N) is 1. The smallest absolute Gasteiger partial charge is 0.252 e. The van der Waals surface area contributed by atoms with E-state index in [4.69, 9.17) is 0 Å². The lowest BCUT2D eigenvalue weighted by atomic mass is 9.87. The number of fused-ring (bicyclic) bond motifs is 1. The number of pyridine rings is 1. The maximum Gasteiger partial charge on any atom is 0.252 e. The molecule has 0 spiro atoms. The molecule has 3 aromatic rings. The molecule has 0 atom stereocenters. The second-order valence-corrected chi connectivity index (χ2v) is 10.8. The first kappa shape index (κ1) is 23.2. The number of hydrogen-bond acceptors (Lipinski definition) is 4. The fraction of sp³-hybridized carbons (Fsp3) is 0.375. The number of rotatable bonds is 7. The third-order valence-electron chi connectivity index (χ3n) is 5.35. The Hall–Kier alpha value is -2.48. The maximum atomic E-state index is 13.4. The van der Waals surface area contributed by atoms with Crippen LogP contribution in [0, 0.1) is 6.92 Å². The number of aliphatic hydroxyl groups excluding tert-OH is 1. The zero-order valence-electron chi connectivity index (χ0n) is 18.5. The minimum absolute atomic E-state index is 0.0670. The zero-order valence-corrected chi connectivity index (χ0v) is 19.3. The predicted molar refractivity (Wildman–Crippen MR) is 124 cm³/mol. The number of benzene rings is 2. The highest BCUT2D eigenvalue weighted by atomic mass is 32.2. The van der Waals surface area contributed by atoms with Gasteiger partial charge in [-0.1, -0.05) is 45.0 Å². The van der Waals surface area contributed by atoms with E-state index in [2.05, 4.69) is 25.8 Å². The van der Waals surface area contributed by atoms with E-state index in [-0.39, 0.29) is 42.0 Å². The highest BCUT2D eigenvalue weighted by Crippen LogP contribution is 2.25. The van der Waals surface area contributed by atoms with Crippen LogP contribution in [0.5, 0.6) is 0 Å². The Morgan fingerprint density at radius 2 is 1.71 bits per heavy atom. The van der Waals surface area contributed by atoms with Crippen LogP contribution in [0.2, 0.25) is 0 Å². The Morgan fingerprint density at radius 3 is 2.32 bits per heavy atom. The van der Waals surface area contributed by atoms with Gasteiger partial charge in [-0.2, -0.15) is 4.31 Å². The normalized spacial score (nSPS) is 12.6. The predicted octanol–water partition coefficient (Wildman–Crippen LogP) is 3.71. The average Bonchev–Trinajstić information content (AvgIpc) is 2.70. The SMILES string of the molecule is Cc1ccc2cc(CN(CCCO)S(=O)(=O)c3ccc(C(C)(C)C)cc3)c(=O)[nH]c2c1. The number of aromatic amines is 1. The molecule has 3 rings (SSSR count). The molecule has 7 heteroatoms. The molecule has 0 saturated heterocycles. The van der Waals surface area contributed by atoms with Gasteiger partial charge in [-0.15, -0.1) is 0 Å². The molecule has 1 heterocycles. The molecule has 0 aliphatic rings. The van der Waals surface area contributed by atoms with Crippen LogP contribution >= 0.6 is 0 Å². The third kappa shape index (κ3) is 5.23. The van der Waals surface area contributed by atoms with Gasteiger partial charge in [-0.05, 0) is 59.5 Å². The van der Waals surface area contributed by atoms with Crippen molar-refractivity contribution < 1.29 is 13.5 Å².